The summed E-state index contributed by atoms with van der Waals surface area (Å²) in [5, 5.41) is 11.2. The Morgan fingerprint density at radius 1 is 1.19 bits per heavy atom. The van der Waals surface area contributed by atoms with Crippen LogP contribution in [0.4, 0.5) is 5.82 Å². The first-order valence-corrected chi connectivity index (χ1v) is 9.55. The Labute approximate surface area is 163 Å². The van der Waals surface area contributed by atoms with Crippen LogP contribution < -0.4 is 4.90 Å². The van der Waals surface area contributed by atoms with Crippen molar-refractivity contribution in [3.8, 4) is 0 Å². The maximum atomic E-state index is 13.0. The highest BCUT2D eigenvalue weighted by atomic mass is 35.5. The molecule has 2 aliphatic heterocycles. The van der Waals surface area contributed by atoms with Gasteiger partial charge in [0, 0.05) is 56.4 Å². The van der Waals surface area contributed by atoms with Crippen molar-refractivity contribution < 1.29 is 9.90 Å². The van der Waals surface area contributed by atoms with Crippen molar-refractivity contribution in [3.05, 3.63) is 47.6 Å². The Hall–Kier alpha value is -2.25. The van der Waals surface area contributed by atoms with Crippen LogP contribution in [0.1, 0.15) is 29.6 Å². The molecule has 1 spiro atoms. The minimum atomic E-state index is -0.450. The van der Waals surface area contributed by atoms with Crippen molar-refractivity contribution >= 4 is 23.3 Å². The minimum absolute atomic E-state index is 0.106. The number of piperidine rings is 2. The summed E-state index contributed by atoms with van der Waals surface area (Å²) in [6.07, 6.45) is 10.0. The summed E-state index contributed by atoms with van der Waals surface area (Å²) in [6, 6.07) is 1.65. The number of rotatable bonds is 2. The molecule has 8 heteroatoms. The molecule has 4 rings (SSSR count). The maximum absolute atomic E-state index is 13.0. The van der Waals surface area contributed by atoms with Crippen LogP contribution in [0.5, 0.6) is 0 Å². The molecule has 2 atom stereocenters. The van der Waals surface area contributed by atoms with E-state index in [1.54, 1.807) is 30.9 Å². The lowest BCUT2D eigenvalue weighted by molar-refractivity contribution is -0.0362. The second-order valence-electron chi connectivity index (χ2n) is 7.34. The van der Waals surface area contributed by atoms with Gasteiger partial charge >= 0.3 is 0 Å². The number of hydrogen-bond donors (Lipinski definition) is 1. The molecule has 2 saturated heterocycles. The molecule has 7 nitrogen and oxygen atoms in total. The zero-order valence-corrected chi connectivity index (χ0v) is 15.7. The summed E-state index contributed by atoms with van der Waals surface area (Å²) >= 11 is 6.16. The third-order valence-corrected chi connectivity index (χ3v) is 5.96. The van der Waals surface area contributed by atoms with E-state index < -0.39 is 6.10 Å². The summed E-state index contributed by atoms with van der Waals surface area (Å²) in [5.41, 5.74) is 0.0863. The summed E-state index contributed by atoms with van der Waals surface area (Å²) < 4.78 is 0. The fraction of sp³-hybridized carbons (Fsp3) is 0.474. The van der Waals surface area contributed by atoms with E-state index >= 15 is 0 Å². The fourth-order valence-electron chi connectivity index (χ4n) is 4.25. The van der Waals surface area contributed by atoms with E-state index in [4.69, 9.17) is 11.6 Å². The predicted molar refractivity (Wildman–Crippen MR) is 102 cm³/mol. The number of pyridine rings is 1. The van der Waals surface area contributed by atoms with E-state index in [2.05, 4.69) is 19.9 Å². The first-order valence-electron chi connectivity index (χ1n) is 9.17. The molecular weight excluding hydrogens is 366 g/mol. The van der Waals surface area contributed by atoms with Crippen molar-refractivity contribution in [2.45, 2.75) is 25.4 Å². The van der Waals surface area contributed by atoms with Crippen LogP contribution in [-0.4, -0.2) is 63.1 Å². The number of aliphatic hydroxyl groups is 1. The van der Waals surface area contributed by atoms with Gasteiger partial charge in [0.2, 0.25) is 0 Å². The van der Waals surface area contributed by atoms with Gasteiger partial charge in [0.05, 0.1) is 22.9 Å². The lowest BCUT2D eigenvalue weighted by Gasteiger charge is -2.51. The standard InChI is InChI=1S/C19H22ClN5O2/c20-15-10-21-5-2-14(15)18(27)25-8-1-4-19(13-25)12-24(9-3-16(19)26)17-11-22-6-7-23-17/h2,5-7,10-11,16,26H,1,3-4,8-9,12-13H2/t16-,19-/m1/s1. The van der Waals surface area contributed by atoms with Gasteiger partial charge in [-0.2, -0.15) is 0 Å². The van der Waals surface area contributed by atoms with Gasteiger partial charge in [0.1, 0.15) is 5.82 Å². The number of carbonyl (C=O) groups is 1. The van der Waals surface area contributed by atoms with Crippen molar-refractivity contribution in [3.63, 3.8) is 0 Å². The Morgan fingerprint density at radius 3 is 2.81 bits per heavy atom. The van der Waals surface area contributed by atoms with E-state index in [1.165, 1.54) is 6.20 Å². The predicted octanol–water partition coefficient (Wildman–Crippen LogP) is 2.02. The first kappa shape index (κ1) is 18.1. The van der Waals surface area contributed by atoms with Gasteiger partial charge in [-0.3, -0.25) is 14.8 Å². The van der Waals surface area contributed by atoms with Gasteiger partial charge in [0.15, 0.2) is 0 Å². The largest absolute Gasteiger partial charge is 0.392 e. The molecule has 0 saturated carbocycles. The third-order valence-electron chi connectivity index (χ3n) is 5.66. The van der Waals surface area contributed by atoms with Crippen LogP contribution in [0, 0.1) is 5.41 Å². The maximum Gasteiger partial charge on any atom is 0.255 e. The molecule has 0 aliphatic carbocycles. The second kappa shape index (κ2) is 7.40. The monoisotopic (exact) mass is 387 g/mol. The van der Waals surface area contributed by atoms with Crippen LogP contribution in [-0.2, 0) is 0 Å². The van der Waals surface area contributed by atoms with Gasteiger partial charge in [-0.1, -0.05) is 11.6 Å². The number of aromatic nitrogens is 3. The lowest BCUT2D eigenvalue weighted by Crippen LogP contribution is -2.60. The number of likely N-dealkylation sites (tertiary alicyclic amines) is 1. The Morgan fingerprint density at radius 2 is 2.04 bits per heavy atom. The number of halogens is 1. The number of anilines is 1. The number of carbonyl (C=O) groups excluding carboxylic acids is 1. The summed E-state index contributed by atoms with van der Waals surface area (Å²) in [7, 11) is 0. The molecule has 2 aliphatic rings. The molecular formula is C19H22ClN5O2. The average molecular weight is 388 g/mol. The molecule has 2 fully saturated rings. The third kappa shape index (κ3) is 3.49. The van der Waals surface area contributed by atoms with Gasteiger partial charge < -0.3 is 14.9 Å². The molecule has 0 aromatic carbocycles. The van der Waals surface area contributed by atoms with Gasteiger partial charge in [-0.25, -0.2) is 4.98 Å². The van der Waals surface area contributed by atoms with E-state index in [0.717, 1.165) is 25.2 Å². The van der Waals surface area contributed by atoms with E-state index in [0.29, 0.717) is 36.6 Å². The Bertz CT molecular complexity index is 821. The van der Waals surface area contributed by atoms with Crippen molar-refractivity contribution in [2.75, 3.05) is 31.1 Å². The van der Waals surface area contributed by atoms with Gasteiger partial charge in [0.25, 0.3) is 5.91 Å². The molecule has 0 bridgehead atoms. The van der Waals surface area contributed by atoms with E-state index in [1.807, 2.05) is 4.90 Å². The van der Waals surface area contributed by atoms with Crippen LogP contribution in [0.2, 0.25) is 5.02 Å². The molecule has 2 aromatic heterocycles. The quantitative estimate of drug-likeness (QED) is 0.848. The highest BCUT2D eigenvalue weighted by Crippen LogP contribution is 2.40. The first-order chi connectivity index (χ1) is 13.1. The molecule has 27 heavy (non-hydrogen) atoms. The Balaban J connectivity index is 1.56. The number of amides is 1. The smallest absolute Gasteiger partial charge is 0.255 e. The molecule has 0 unspecified atom stereocenters. The second-order valence-corrected chi connectivity index (χ2v) is 7.74. The summed E-state index contributed by atoms with van der Waals surface area (Å²) in [5.74, 6) is 0.703. The number of aliphatic hydroxyl groups excluding tert-OH is 1. The fourth-order valence-corrected chi connectivity index (χ4v) is 4.45. The molecule has 142 valence electrons. The van der Waals surface area contributed by atoms with Gasteiger partial charge in [-0.05, 0) is 25.3 Å². The van der Waals surface area contributed by atoms with E-state index in [-0.39, 0.29) is 11.3 Å². The highest BCUT2D eigenvalue weighted by Gasteiger charge is 2.46. The van der Waals surface area contributed by atoms with Crippen LogP contribution in [0.25, 0.3) is 0 Å². The van der Waals surface area contributed by atoms with Crippen LogP contribution in [0.15, 0.2) is 37.1 Å². The number of nitrogens with zero attached hydrogens (tertiary/aromatic N) is 5. The average Bonchev–Trinajstić information content (AvgIpc) is 2.71. The highest BCUT2D eigenvalue weighted by molar-refractivity contribution is 6.33. The van der Waals surface area contributed by atoms with Crippen molar-refractivity contribution in [2.24, 2.45) is 5.41 Å². The topological polar surface area (TPSA) is 82.5 Å². The lowest BCUT2D eigenvalue weighted by atomic mass is 9.71. The summed E-state index contributed by atoms with van der Waals surface area (Å²) in [6.45, 7) is 2.55. The SMILES string of the molecule is O=C(c1ccncc1Cl)N1CCC[C@]2(C1)CN(c1cnccn1)CC[C@H]2O. The normalized spacial score (nSPS) is 25.6. The molecule has 1 N–H and O–H groups in total. The van der Waals surface area contributed by atoms with Crippen molar-refractivity contribution in [1.29, 1.82) is 0 Å². The molecule has 4 heterocycles. The molecule has 0 radical (unpaired) electrons. The summed E-state index contributed by atoms with van der Waals surface area (Å²) in [4.78, 5) is 29.5. The minimum Gasteiger partial charge on any atom is -0.392 e. The Kier molecular flexibility index (Phi) is 4.97. The van der Waals surface area contributed by atoms with Gasteiger partial charge in [-0.15, -0.1) is 0 Å². The van der Waals surface area contributed by atoms with E-state index in [9.17, 15) is 9.90 Å². The molecule has 1 amide bonds. The molecule has 2 aromatic rings. The zero-order valence-electron chi connectivity index (χ0n) is 15.0. The van der Waals surface area contributed by atoms with Crippen LogP contribution >= 0.6 is 11.6 Å². The van der Waals surface area contributed by atoms with Crippen LogP contribution in [0.3, 0.4) is 0 Å². The number of hydrogen-bond acceptors (Lipinski definition) is 6. The van der Waals surface area contributed by atoms with Crippen molar-refractivity contribution in [1.82, 2.24) is 19.9 Å². The zero-order chi connectivity index (χ0) is 18.9.